The van der Waals surface area contributed by atoms with Gasteiger partial charge in [0.25, 0.3) is 0 Å². The maximum Gasteiger partial charge on any atom is 0.243 e. The van der Waals surface area contributed by atoms with E-state index in [1.807, 2.05) is 41.1 Å². The number of carbonyl (C=O) groups is 1. The third-order valence-corrected chi connectivity index (χ3v) is 4.79. The predicted molar refractivity (Wildman–Crippen MR) is 114 cm³/mol. The quantitative estimate of drug-likeness (QED) is 0.211. The van der Waals surface area contributed by atoms with Gasteiger partial charge in [0.05, 0.1) is 12.4 Å². The molecule has 0 aliphatic carbocycles. The summed E-state index contributed by atoms with van der Waals surface area (Å²) >= 11 is 0. The van der Waals surface area contributed by atoms with Crippen LogP contribution in [0.15, 0.2) is 78.5 Å². The summed E-state index contributed by atoms with van der Waals surface area (Å²) in [6.45, 7) is 0.336. The van der Waals surface area contributed by atoms with Crippen molar-refractivity contribution in [2.75, 3.05) is 6.61 Å². The molecule has 1 aromatic heterocycles. The molecule has 0 aliphatic rings. The van der Waals surface area contributed by atoms with Gasteiger partial charge >= 0.3 is 0 Å². The molecule has 1 unspecified atom stereocenters. The van der Waals surface area contributed by atoms with Crippen molar-refractivity contribution in [2.45, 2.75) is 31.7 Å². The van der Waals surface area contributed by atoms with Crippen molar-refractivity contribution in [3.05, 3.63) is 90.3 Å². The first-order valence-electron chi connectivity index (χ1n) is 10.1. The van der Waals surface area contributed by atoms with Crippen LogP contribution in [0.3, 0.4) is 0 Å². The lowest BCUT2D eigenvalue weighted by Gasteiger charge is -2.21. The number of amides is 1. The molecular weight excluding hydrogens is 399 g/mol. The minimum absolute atomic E-state index is 0.212. The molecule has 1 heterocycles. The van der Waals surface area contributed by atoms with Crippen LogP contribution >= 0.6 is 0 Å². The van der Waals surface area contributed by atoms with E-state index in [-0.39, 0.29) is 18.3 Å². The van der Waals surface area contributed by atoms with Crippen LogP contribution in [0.1, 0.15) is 36.4 Å². The Labute approximate surface area is 180 Å². The number of nitrogens with one attached hydrogen (secondary N) is 1. The van der Waals surface area contributed by atoms with Crippen LogP contribution in [0.25, 0.3) is 0 Å². The van der Waals surface area contributed by atoms with Gasteiger partial charge in [0.2, 0.25) is 5.91 Å². The second-order valence-electron chi connectivity index (χ2n) is 7.02. The predicted octanol–water partition coefficient (Wildman–Crippen LogP) is 3.90. The van der Waals surface area contributed by atoms with Gasteiger partial charge in [0.1, 0.15) is 18.1 Å². The summed E-state index contributed by atoms with van der Waals surface area (Å²) in [6.07, 6.45) is 7.27. The normalized spacial score (nSPS) is 12.4. The Balaban J connectivity index is 1.80. The number of benzene rings is 2. The minimum Gasteiger partial charge on any atom is -0.396 e. The summed E-state index contributed by atoms with van der Waals surface area (Å²) in [6, 6.07) is 15.9. The number of oxime groups is 1. The molecule has 0 bridgehead atoms. The van der Waals surface area contributed by atoms with Crippen molar-refractivity contribution in [2.24, 2.45) is 5.16 Å². The number of imidazole rings is 1. The topological polar surface area (TPSA) is 88.7 Å². The molecule has 0 aliphatic heterocycles. The first-order valence-corrected chi connectivity index (χ1v) is 10.1. The zero-order valence-corrected chi connectivity index (χ0v) is 17.0. The summed E-state index contributed by atoms with van der Waals surface area (Å²) < 4.78 is 15.3. The van der Waals surface area contributed by atoms with Crippen LogP contribution in [0, 0.1) is 5.82 Å². The van der Waals surface area contributed by atoms with E-state index in [0.29, 0.717) is 25.9 Å². The summed E-state index contributed by atoms with van der Waals surface area (Å²) in [5, 5.41) is 13.0. The smallest absolute Gasteiger partial charge is 0.243 e. The van der Waals surface area contributed by atoms with E-state index >= 15 is 0 Å². The van der Waals surface area contributed by atoms with Crippen molar-refractivity contribution in [1.29, 1.82) is 0 Å². The molecule has 0 fully saturated rings. The Kier molecular flexibility index (Phi) is 8.30. The number of hydrogen-bond donors (Lipinski definition) is 2. The molecule has 3 aromatic rings. The Morgan fingerprint density at radius 3 is 2.61 bits per heavy atom. The number of halogens is 1. The van der Waals surface area contributed by atoms with Crippen molar-refractivity contribution in [3.8, 4) is 0 Å². The summed E-state index contributed by atoms with van der Waals surface area (Å²) in [5.74, 6) is -0.703. The van der Waals surface area contributed by atoms with Gasteiger partial charge in [-0.2, -0.15) is 0 Å². The van der Waals surface area contributed by atoms with Crippen LogP contribution in [0.2, 0.25) is 0 Å². The van der Waals surface area contributed by atoms with Gasteiger partial charge in [0, 0.05) is 24.4 Å². The summed E-state index contributed by atoms with van der Waals surface area (Å²) in [5.41, 5.74) is 4.19. The standard InChI is InChI=1S/C23H25FN4O3/c24-20-11-9-18(10-12-20)16-21(28-14-13-25-17-28)23(19-6-2-1-3-7-19)27-31-15-5-4-8-22(29)26-30/h1-3,6-7,9-14,17,21,30H,4-5,8,15-16H2,(H,26,29). The highest BCUT2D eigenvalue weighted by Gasteiger charge is 2.21. The first kappa shape index (κ1) is 22.2. The zero-order chi connectivity index (χ0) is 21.9. The molecule has 1 amide bonds. The number of carbonyl (C=O) groups excluding carboxylic acids is 1. The first-order chi connectivity index (χ1) is 15.2. The Morgan fingerprint density at radius 2 is 1.94 bits per heavy atom. The van der Waals surface area contributed by atoms with Gasteiger partial charge in [-0.3, -0.25) is 10.0 Å². The average Bonchev–Trinajstić information content (AvgIpc) is 3.34. The van der Waals surface area contributed by atoms with Crippen molar-refractivity contribution in [1.82, 2.24) is 15.0 Å². The molecule has 31 heavy (non-hydrogen) atoms. The Hall–Kier alpha value is -3.52. The SMILES string of the molecule is O=C(CCCCON=C(c1ccccc1)C(Cc1ccc(F)cc1)n1ccnc1)NO. The Morgan fingerprint density at radius 1 is 1.16 bits per heavy atom. The van der Waals surface area contributed by atoms with E-state index < -0.39 is 5.91 Å². The fraction of sp³-hybridized carbons (Fsp3) is 0.261. The molecule has 1 atom stereocenters. The molecule has 2 N–H and O–H groups in total. The number of nitrogens with zero attached hydrogens (tertiary/aromatic N) is 3. The second kappa shape index (κ2) is 11.6. The molecule has 0 saturated carbocycles. The van der Waals surface area contributed by atoms with Crippen LogP contribution < -0.4 is 5.48 Å². The van der Waals surface area contributed by atoms with Crippen molar-refractivity contribution < 1.29 is 19.2 Å². The average molecular weight is 424 g/mol. The number of hydroxylamine groups is 1. The monoisotopic (exact) mass is 424 g/mol. The molecule has 162 valence electrons. The molecule has 0 saturated heterocycles. The molecule has 2 aromatic carbocycles. The lowest BCUT2D eigenvalue weighted by molar-refractivity contribution is -0.129. The molecule has 8 heteroatoms. The van der Waals surface area contributed by atoms with E-state index in [4.69, 9.17) is 10.0 Å². The molecule has 0 radical (unpaired) electrons. The van der Waals surface area contributed by atoms with Gasteiger partial charge in [0.15, 0.2) is 0 Å². The maximum atomic E-state index is 13.4. The number of aromatic nitrogens is 2. The summed E-state index contributed by atoms with van der Waals surface area (Å²) in [4.78, 5) is 20.9. The van der Waals surface area contributed by atoms with E-state index in [0.717, 1.165) is 16.8 Å². The third-order valence-electron chi connectivity index (χ3n) is 4.79. The highest BCUT2D eigenvalue weighted by atomic mass is 19.1. The number of rotatable bonds is 11. The van der Waals surface area contributed by atoms with Gasteiger partial charge in [-0.05, 0) is 37.0 Å². The van der Waals surface area contributed by atoms with Crippen molar-refractivity contribution in [3.63, 3.8) is 0 Å². The summed E-state index contributed by atoms with van der Waals surface area (Å²) in [7, 11) is 0. The van der Waals surface area contributed by atoms with E-state index in [9.17, 15) is 9.18 Å². The van der Waals surface area contributed by atoms with Gasteiger partial charge in [-0.25, -0.2) is 14.9 Å². The third kappa shape index (κ3) is 6.75. The number of hydrogen-bond acceptors (Lipinski definition) is 5. The van der Waals surface area contributed by atoms with E-state index in [1.54, 1.807) is 30.1 Å². The maximum absolute atomic E-state index is 13.4. The van der Waals surface area contributed by atoms with Crippen LogP contribution in [0.4, 0.5) is 4.39 Å². The fourth-order valence-electron chi connectivity index (χ4n) is 3.18. The zero-order valence-electron chi connectivity index (χ0n) is 17.0. The molecule has 0 spiro atoms. The van der Waals surface area contributed by atoms with E-state index in [1.165, 1.54) is 12.1 Å². The van der Waals surface area contributed by atoms with Crippen LogP contribution in [0.5, 0.6) is 0 Å². The van der Waals surface area contributed by atoms with E-state index in [2.05, 4.69) is 10.1 Å². The molecule has 3 rings (SSSR count). The lowest BCUT2D eigenvalue weighted by atomic mass is 9.96. The van der Waals surface area contributed by atoms with Gasteiger partial charge in [-0.15, -0.1) is 0 Å². The number of unbranched alkanes of at least 4 members (excludes halogenated alkanes) is 1. The minimum atomic E-state index is -0.423. The Bertz CT molecular complexity index is 960. The largest absolute Gasteiger partial charge is 0.396 e. The van der Waals surface area contributed by atoms with Gasteiger partial charge < -0.3 is 9.40 Å². The highest BCUT2D eigenvalue weighted by Crippen LogP contribution is 2.22. The fourth-order valence-corrected chi connectivity index (χ4v) is 3.18. The highest BCUT2D eigenvalue weighted by molar-refractivity contribution is 6.03. The second-order valence-corrected chi connectivity index (χ2v) is 7.02. The van der Waals surface area contributed by atoms with Gasteiger partial charge in [-0.1, -0.05) is 47.6 Å². The lowest BCUT2D eigenvalue weighted by Crippen LogP contribution is -2.23. The van der Waals surface area contributed by atoms with Crippen LogP contribution in [-0.4, -0.2) is 33.0 Å². The molecule has 7 nitrogen and oxygen atoms in total. The van der Waals surface area contributed by atoms with Crippen LogP contribution in [-0.2, 0) is 16.1 Å². The molecular formula is C23H25FN4O3. The van der Waals surface area contributed by atoms with Crippen molar-refractivity contribution >= 4 is 11.6 Å².